The van der Waals surface area contributed by atoms with Gasteiger partial charge in [0.25, 0.3) is 0 Å². The Balaban J connectivity index is 2.04. The first-order chi connectivity index (χ1) is 9.20. The number of benzene rings is 2. The fourth-order valence-corrected chi connectivity index (χ4v) is 2.37. The molecule has 0 radical (unpaired) electrons. The van der Waals surface area contributed by atoms with Crippen molar-refractivity contribution in [3.05, 3.63) is 70.2 Å². The van der Waals surface area contributed by atoms with Gasteiger partial charge in [0.05, 0.1) is 0 Å². The summed E-state index contributed by atoms with van der Waals surface area (Å²) >= 11 is 6.18. The lowest BCUT2D eigenvalue weighted by Gasteiger charge is -2.18. The molecule has 2 rings (SSSR count). The molecule has 1 N–H and O–H groups in total. The Morgan fingerprint density at radius 2 is 1.74 bits per heavy atom. The molecule has 2 aromatic rings. The molecule has 0 aromatic heterocycles. The molecule has 1 atom stereocenters. The van der Waals surface area contributed by atoms with Gasteiger partial charge in [-0.3, -0.25) is 0 Å². The molecule has 0 fully saturated rings. The standard InChI is InChI=1S/C17H20ClN/c1-3-17(14-10-8-13(2)9-11-14)19-12-15-6-4-5-7-16(15)18/h4-11,17,19H,3,12H2,1-2H3. The zero-order chi connectivity index (χ0) is 13.7. The number of halogens is 1. The highest BCUT2D eigenvalue weighted by atomic mass is 35.5. The largest absolute Gasteiger partial charge is 0.306 e. The molecule has 0 heterocycles. The number of aryl methyl sites for hydroxylation is 1. The summed E-state index contributed by atoms with van der Waals surface area (Å²) in [6.07, 6.45) is 1.06. The molecule has 0 spiro atoms. The third-order valence-corrected chi connectivity index (χ3v) is 3.75. The van der Waals surface area contributed by atoms with Crippen LogP contribution in [-0.4, -0.2) is 0 Å². The fraction of sp³-hybridized carbons (Fsp3) is 0.294. The summed E-state index contributed by atoms with van der Waals surface area (Å²) in [7, 11) is 0. The van der Waals surface area contributed by atoms with Crippen LogP contribution >= 0.6 is 11.6 Å². The van der Waals surface area contributed by atoms with Gasteiger partial charge in [-0.15, -0.1) is 0 Å². The quantitative estimate of drug-likeness (QED) is 0.818. The van der Waals surface area contributed by atoms with Gasteiger partial charge in [-0.2, -0.15) is 0 Å². The average molecular weight is 274 g/mol. The van der Waals surface area contributed by atoms with Crippen molar-refractivity contribution in [1.82, 2.24) is 5.32 Å². The van der Waals surface area contributed by atoms with Gasteiger partial charge in [-0.05, 0) is 30.5 Å². The summed E-state index contributed by atoms with van der Waals surface area (Å²) in [4.78, 5) is 0. The van der Waals surface area contributed by atoms with Crippen molar-refractivity contribution in [2.24, 2.45) is 0 Å². The lowest BCUT2D eigenvalue weighted by atomic mass is 10.0. The minimum absolute atomic E-state index is 0.372. The van der Waals surface area contributed by atoms with E-state index in [0.29, 0.717) is 6.04 Å². The summed E-state index contributed by atoms with van der Waals surface area (Å²) in [6, 6.07) is 17.1. The van der Waals surface area contributed by atoms with Gasteiger partial charge in [-0.25, -0.2) is 0 Å². The van der Waals surface area contributed by atoms with Crippen molar-refractivity contribution in [3.63, 3.8) is 0 Å². The number of hydrogen-bond donors (Lipinski definition) is 1. The summed E-state index contributed by atoms with van der Waals surface area (Å²) in [5, 5.41) is 4.41. The first kappa shape index (κ1) is 14.1. The highest BCUT2D eigenvalue weighted by molar-refractivity contribution is 6.31. The number of rotatable bonds is 5. The van der Waals surface area contributed by atoms with Crippen LogP contribution < -0.4 is 5.32 Å². The van der Waals surface area contributed by atoms with E-state index in [1.54, 1.807) is 0 Å². The maximum Gasteiger partial charge on any atom is 0.0450 e. The Morgan fingerprint density at radius 3 is 2.37 bits per heavy atom. The van der Waals surface area contributed by atoms with Gasteiger partial charge >= 0.3 is 0 Å². The summed E-state index contributed by atoms with van der Waals surface area (Å²) in [6.45, 7) is 5.11. The minimum atomic E-state index is 0.372. The van der Waals surface area contributed by atoms with E-state index in [-0.39, 0.29) is 0 Å². The summed E-state index contributed by atoms with van der Waals surface area (Å²) < 4.78 is 0. The molecule has 0 aliphatic carbocycles. The molecule has 2 heteroatoms. The maximum absolute atomic E-state index is 6.18. The highest BCUT2D eigenvalue weighted by Crippen LogP contribution is 2.20. The van der Waals surface area contributed by atoms with E-state index < -0.39 is 0 Å². The Bertz CT molecular complexity index is 519. The normalized spacial score (nSPS) is 12.4. The summed E-state index contributed by atoms with van der Waals surface area (Å²) in [5.41, 5.74) is 3.78. The molecular weight excluding hydrogens is 254 g/mol. The van der Waals surface area contributed by atoms with Gasteiger partial charge < -0.3 is 5.32 Å². The van der Waals surface area contributed by atoms with Crippen LogP contribution in [0.3, 0.4) is 0 Å². The third-order valence-electron chi connectivity index (χ3n) is 3.38. The summed E-state index contributed by atoms with van der Waals surface area (Å²) in [5.74, 6) is 0. The second-order valence-corrected chi connectivity index (χ2v) is 5.25. The topological polar surface area (TPSA) is 12.0 Å². The molecule has 0 aliphatic heterocycles. The van der Waals surface area contributed by atoms with Crippen molar-refractivity contribution in [1.29, 1.82) is 0 Å². The van der Waals surface area contributed by atoms with Gasteiger partial charge in [-0.1, -0.05) is 66.6 Å². The Morgan fingerprint density at radius 1 is 1.05 bits per heavy atom. The molecule has 100 valence electrons. The Labute approximate surface area is 120 Å². The van der Waals surface area contributed by atoms with Crippen molar-refractivity contribution in [3.8, 4) is 0 Å². The van der Waals surface area contributed by atoms with E-state index in [1.807, 2.05) is 18.2 Å². The van der Waals surface area contributed by atoms with Crippen LogP contribution in [0.2, 0.25) is 5.02 Å². The molecule has 0 saturated heterocycles. The number of hydrogen-bond acceptors (Lipinski definition) is 1. The molecule has 0 bridgehead atoms. The highest BCUT2D eigenvalue weighted by Gasteiger charge is 2.09. The molecule has 0 aliphatic rings. The van der Waals surface area contributed by atoms with Gasteiger partial charge in [0.1, 0.15) is 0 Å². The molecule has 0 saturated carbocycles. The van der Waals surface area contributed by atoms with Crippen molar-refractivity contribution in [2.45, 2.75) is 32.9 Å². The van der Waals surface area contributed by atoms with Crippen molar-refractivity contribution < 1.29 is 0 Å². The van der Waals surface area contributed by atoms with E-state index >= 15 is 0 Å². The van der Waals surface area contributed by atoms with Crippen LogP contribution in [-0.2, 0) is 6.54 Å². The second-order valence-electron chi connectivity index (χ2n) is 4.84. The Kier molecular flexibility index (Phi) is 5.00. The predicted octanol–water partition coefficient (Wildman–Crippen LogP) is 4.89. The lowest BCUT2D eigenvalue weighted by Crippen LogP contribution is -2.20. The lowest BCUT2D eigenvalue weighted by molar-refractivity contribution is 0.519. The molecule has 19 heavy (non-hydrogen) atoms. The molecule has 1 unspecified atom stereocenters. The molecular formula is C17H20ClN. The molecule has 0 amide bonds. The minimum Gasteiger partial charge on any atom is -0.306 e. The van der Waals surface area contributed by atoms with E-state index in [2.05, 4.69) is 49.5 Å². The van der Waals surface area contributed by atoms with Crippen LogP contribution in [0.25, 0.3) is 0 Å². The average Bonchev–Trinajstić information content (AvgIpc) is 2.43. The van der Waals surface area contributed by atoms with Gasteiger partial charge in [0.15, 0.2) is 0 Å². The van der Waals surface area contributed by atoms with Crippen molar-refractivity contribution >= 4 is 11.6 Å². The monoisotopic (exact) mass is 273 g/mol. The van der Waals surface area contributed by atoms with Crippen LogP contribution in [0.5, 0.6) is 0 Å². The van der Waals surface area contributed by atoms with E-state index in [1.165, 1.54) is 11.1 Å². The Hall–Kier alpha value is -1.31. The van der Waals surface area contributed by atoms with Crippen molar-refractivity contribution in [2.75, 3.05) is 0 Å². The molecule has 2 aromatic carbocycles. The molecule has 1 nitrogen and oxygen atoms in total. The van der Waals surface area contributed by atoms with Gasteiger partial charge in [0.2, 0.25) is 0 Å². The SMILES string of the molecule is CCC(NCc1ccccc1Cl)c1ccc(C)cc1. The van der Waals surface area contributed by atoms with E-state index in [0.717, 1.165) is 23.6 Å². The van der Waals surface area contributed by atoms with Crippen LogP contribution in [0.15, 0.2) is 48.5 Å². The first-order valence-corrected chi connectivity index (χ1v) is 7.12. The fourth-order valence-electron chi connectivity index (χ4n) is 2.17. The zero-order valence-electron chi connectivity index (χ0n) is 11.5. The van der Waals surface area contributed by atoms with Crippen LogP contribution in [0.4, 0.5) is 0 Å². The van der Waals surface area contributed by atoms with E-state index in [4.69, 9.17) is 11.6 Å². The number of nitrogens with one attached hydrogen (secondary N) is 1. The predicted molar refractivity (Wildman–Crippen MR) is 82.5 cm³/mol. The maximum atomic E-state index is 6.18. The zero-order valence-corrected chi connectivity index (χ0v) is 12.2. The first-order valence-electron chi connectivity index (χ1n) is 6.74. The third kappa shape index (κ3) is 3.82. The van der Waals surface area contributed by atoms with Crippen LogP contribution in [0, 0.1) is 6.92 Å². The van der Waals surface area contributed by atoms with E-state index in [9.17, 15) is 0 Å². The second kappa shape index (κ2) is 6.74. The smallest absolute Gasteiger partial charge is 0.0450 e. The van der Waals surface area contributed by atoms with Crippen LogP contribution in [0.1, 0.15) is 36.1 Å². The van der Waals surface area contributed by atoms with Gasteiger partial charge in [0, 0.05) is 17.6 Å².